The molecule has 0 saturated carbocycles. The molecular weight excluding hydrogens is 264 g/mol. The Hall–Kier alpha value is -2.36. The van der Waals surface area contributed by atoms with E-state index in [9.17, 15) is 4.79 Å². The molecule has 0 aliphatic carbocycles. The van der Waals surface area contributed by atoms with Crippen LogP contribution in [0.15, 0.2) is 48.8 Å². The highest BCUT2D eigenvalue weighted by Crippen LogP contribution is 2.31. The van der Waals surface area contributed by atoms with Crippen LogP contribution in [-0.2, 0) is 21.4 Å². The molecule has 0 bridgehead atoms. The summed E-state index contributed by atoms with van der Waals surface area (Å²) in [4.78, 5) is 16.5. The van der Waals surface area contributed by atoms with Crippen LogP contribution in [0, 0.1) is 0 Å². The summed E-state index contributed by atoms with van der Waals surface area (Å²) in [5, 5.41) is 0. The van der Waals surface area contributed by atoms with Gasteiger partial charge >= 0.3 is 5.97 Å². The molecule has 0 aliphatic heterocycles. The fraction of sp³-hybridized carbons (Fsp3) is 0.294. The number of carbonyl (C=O) groups excluding carboxylic acids is 1. The second kappa shape index (κ2) is 6.39. The maximum atomic E-state index is 12.5. The van der Waals surface area contributed by atoms with Gasteiger partial charge in [0.05, 0.1) is 12.0 Å². The van der Waals surface area contributed by atoms with Gasteiger partial charge in [-0.3, -0.25) is 9.78 Å². The van der Waals surface area contributed by atoms with E-state index < -0.39 is 5.41 Å². The van der Waals surface area contributed by atoms with Crippen LogP contribution in [0.3, 0.4) is 0 Å². The van der Waals surface area contributed by atoms with Crippen LogP contribution < -0.4 is 5.73 Å². The molecule has 1 aromatic carbocycles. The fourth-order valence-electron chi connectivity index (χ4n) is 2.37. The lowest BCUT2D eigenvalue weighted by Crippen LogP contribution is -2.36. The Morgan fingerprint density at radius 2 is 2.00 bits per heavy atom. The number of nitrogens with zero attached hydrogens (tertiary/aromatic N) is 1. The monoisotopic (exact) mass is 284 g/mol. The SMILES string of the molecule is CCOC(=O)C(C)(Cc1ccncc1)c1cccc(N)c1. The van der Waals surface area contributed by atoms with Gasteiger partial charge in [-0.1, -0.05) is 12.1 Å². The molecule has 2 aromatic rings. The normalized spacial score (nSPS) is 13.4. The Kier molecular flexibility index (Phi) is 4.58. The number of nitrogens with two attached hydrogens (primary N) is 1. The zero-order valence-electron chi connectivity index (χ0n) is 12.4. The molecule has 0 spiro atoms. The lowest BCUT2D eigenvalue weighted by molar-refractivity contribution is -0.149. The first kappa shape index (κ1) is 15.0. The van der Waals surface area contributed by atoms with Gasteiger partial charge in [-0.25, -0.2) is 0 Å². The lowest BCUT2D eigenvalue weighted by atomic mass is 9.77. The van der Waals surface area contributed by atoms with Crippen molar-refractivity contribution < 1.29 is 9.53 Å². The van der Waals surface area contributed by atoms with Crippen LogP contribution in [0.2, 0.25) is 0 Å². The quantitative estimate of drug-likeness (QED) is 0.677. The minimum atomic E-state index is -0.771. The summed E-state index contributed by atoms with van der Waals surface area (Å²) in [5.74, 6) is -0.243. The molecule has 2 N–H and O–H groups in total. The lowest BCUT2D eigenvalue weighted by Gasteiger charge is -2.28. The number of esters is 1. The predicted octanol–water partition coefficient (Wildman–Crippen LogP) is 2.73. The van der Waals surface area contributed by atoms with Crippen LogP contribution in [0.4, 0.5) is 5.69 Å². The number of ether oxygens (including phenoxy) is 1. The first-order valence-corrected chi connectivity index (χ1v) is 6.98. The highest BCUT2D eigenvalue weighted by Gasteiger charge is 2.37. The zero-order valence-corrected chi connectivity index (χ0v) is 12.4. The van der Waals surface area contributed by atoms with Crippen molar-refractivity contribution in [1.29, 1.82) is 0 Å². The molecule has 0 amide bonds. The third-order valence-corrected chi connectivity index (χ3v) is 3.56. The smallest absolute Gasteiger partial charge is 0.316 e. The van der Waals surface area contributed by atoms with E-state index in [1.807, 2.05) is 50.2 Å². The van der Waals surface area contributed by atoms with E-state index in [1.54, 1.807) is 12.4 Å². The van der Waals surface area contributed by atoms with Crippen molar-refractivity contribution in [1.82, 2.24) is 4.98 Å². The average molecular weight is 284 g/mol. The second-order valence-corrected chi connectivity index (χ2v) is 5.21. The molecule has 4 nitrogen and oxygen atoms in total. The standard InChI is InChI=1S/C17H20N2O2/c1-3-21-16(20)17(2,12-13-7-9-19-10-8-13)14-5-4-6-15(18)11-14/h4-11H,3,12,18H2,1-2H3. The van der Waals surface area contributed by atoms with Crippen molar-refractivity contribution >= 4 is 11.7 Å². The van der Waals surface area contributed by atoms with Gasteiger partial charge in [0.2, 0.25) is 0 Å². The summed E-state index contributed by atoms with van der Waals surface area (Å²) < 4.78 is 5.28. The van der Waals surface area contributed by atoms with Crippen molar-refractivity contribution in [2.75, 3.05) is 12.3 Å². The molecule has 1 atom stereocenters. The Morgan fingerprint density at radius 3 is 2.62 bits per heavy atom. The third-order valence-electron chi connectivity index (χ3n) is 3.56. The van der Waals surface area contributed by atoms with Crippen LogP contribution in [0.5, 0.6) is 0 Å². The van der Waals surface area contributed by atoms with Gasteiger partial charge in [-0.2, -0.15) is 0 Å². The van der Waals surface area contributed by atoms with Gasteiger partial charge in [0.25, 0.3) is 0 Å². The summed E-state index contributed by atoms with van der Waals surface area (Å²) in [5.41, 5.74) is 7.62. The van der Waals surface area contributed by atoms with Crippen LogP contribution in [-0.4, -0.2) is 17.6 Å². The summed E-state index contributed by atoms with van der Waals surface area (Å²) in [6.45, 7) is 4.05. The summed E-state index contributed by atoms with van der Waals surface area (Å²) in [7, 11) is 0. The number of nitrogen functional groups attached to an aromatic ring is 1. The largest absolute Gasteiger partial charge is 0.465 e. The molecule has 21 heavy (non-hydrogen) atoms. The van der Waals surface area contributed by atoms with Gasteiger partial charge in [0, 0.05) is 18.1 Å². The second-order valence-electron chi connectivity index (χ2n) is 5.21. The molecule has 4 heteroatoms. The molecule has 0 radical (unpaired) electrons. The number of benzene rings is 1. The third kappa shape index (κ3) is 3.40. The fourth-order valence-corrected chi connectivity index (χ4v) is 2.37. The summed E-state index contributed by atoms with van der Waals surface area (Å²) >= 11 is 0. The minimum Gasteiger partial charge on any atom is -0.465 e. The van der Waals surface area contributed by atoms with Crippen LogP contribution in [0.1, 0.15) is 25.0 Å². The maximum Gasteiger partial charge on any atom is 0.316 e. The van der Waals surface area contributed by atoms with Gasteiger partial charge in [0.1, 0.15) is 0 Å². The van der Waals surface area contributed by atoms with E-state index in [2.05, 4.69) is 4.98 Å². The van der Waals surface area contributed by atoms with E-state index in [-0.39, 0.29) is 5.97 Å². The highest BCUT2D eigenvalue weighted by atomic mass is 16.5. The predicted molar refractivity (Wildman–Crippen MR) is 82.8 cm³/mol. The van der Waals surface area contributed by atoms with Crippen molar-refractivity contribution in [2.24, 2.45) is 0 Å². The number of hydrogen-bond acceptors (Lipinski definition) is 4. The zero-order chi connectivity index (χ0) is 15.3. The Morgan fingerprint density at radius 1 is 1.29 bits per heavy atom. The number of aromatic nitrogens is 1. The van der Waals surface area contributed by atoms with E-state index in [0.717, 1.165) is 11.1 Å². The van der Waals surface area contributed by atoms with Gasteiger partial charge < -0.3 is 10.5 Å². The van der Waals surface area contributed by atoms with Crippen molar-refractivity contribution in [2.45, 2.75) is 25.7 Å². The Balaban J connectivity index is 2.41. The molecule has 0 aliphatic rings. The molecule has 0 fully saturated rings. The molecule has 0 saturated heterocycles. The summed E-state index contributed by atoms with van der Waals surface area (Å²) in [6.07, 6.45) is 3.98. The number of pyridine rings is 1. The van der Waals surface area contributed by atoms with Gasteiger partial charge in [-0.15, -0.1) is 0 Å². The Labute approximate surface area is 125 Å². The maximum absolute atomic E-state index is 12.5. The van der Waals surface area contributed by atoms with Crippen LogP contribution in [0.25, 0.3) is 0 Å². The van der Waals surface area contributed by atoms with E-state index in [1.165, 1.54) is 0 Å². The highest BCUT2D eigenvalue weighted by molar-refractivity contribution is 5.83. The van der Waals surface area contributed by atoms with Crippen molar-refractivity contribution in [3.63, 3.8) is 0 Å². The van der Waals surface area contributed by atoms with Gasteiger partial charge in [0.15, 0.2) is 0 Å². The minimum absolute atomic E-state index is 0.243. The Bertz CT molecular complexity index is 613. The number of rotatable bonds is 5. The molecule has 2 rings (SSSR count). The van der Waals surface area contributed by atoms with Crippen molar-refractivity contribution in [3.8, 4) is 0 Å². The van der Waals surface area contributed by atoms with Crippen molar-refractivity contribution in [3.05, 3.63) is 59.9 Å². The molecule has 1 aromatic heterocycles. The van der Waals surface area contributed by atoms with E-state index >= 15 is 0 Å². The van der Waals surface area contributed by atoms with E-state index in [0.29, 0.717) is 18.7 Å². The van der Waals surface area contributed by atoms with Crippen LogP contribution >= 0.6 is 0 Å². The first-order valence-electron chi connectivity index (χ1n) is 6.98. The molecular formula is C17H20N2O2. The first-order chi connectivity index (χ1) is 10.1. The molecule has 1 heterocycles. The number of anilines is 1. The average Bonchev–Trinajstić information content (AvgIpc) is 2.48. The molecule has 110 valence electrons. The topological polar surface area (TPSA) is 65.2 Å². The molecule has 1 unspecified atom stereocenters. The van der Waals surface area contributed by atoms with E-state index in [4.69, 9.17) is 10.5 Å². The van der Waals surface area contributed by atoms with Gasteiger partial charge in [-0.05, 0) is 55.7 Å². The number of carbonyl (C=O) groups is 1. The number of hydrogen-bond donors (Lipinski definition) is 1. The summed E-state index contributed by atoms with van der Waals surface area (Å²) in [6, 6.07) is 11.2.